The molecule has 1 aliphatic rings. The topological polar surface area (TPSA) is 91.6 Å². The highest BCUT2D eigenvalue weighted by Gasteiger charge is 2.22. The molecule has 8 heteroatoms. The highest BCUT2D eigenvalue weighted by molar-refractivity contribution is 5.89. The van der Waals surface area contributed by atoms with Crippen molar-refractivity contribution in [3.63, 3.8) is 0 Å². The molecule has 0 fully saturated rings. The SMILES string of the molecule is CNC(=O)c1noc(CN2CC=C([C@H](C)N(C)C(C)=O)CC2)n1. The van der Waals surface area contributed by atoms with Crippen LogP contribution in [0.4, 0.5) is 0 Å². The quantitative estimate of drug-likeness (QED) is 0.791. The van der Waals surface area contributed by atoms with Gasteiger partial charge in [0.15, 0.2) is 0 Å². The van der Waals surface area contributed by atoms with E-state index in [1.165, 1.54) is 12.6 Å². The molecule has 0 saturated heterocycles. The van der Waals surface area contributed by atoms with Crippen LogP contribution in [0.3, 0.4) is 0 Å². The summed E-state index contributed by atoms with van der Waals surface area (Å²) in [6.45, 7) is 5.72. The van der Waals surface area contributed by atoms with Crippen molar-refractivity contribution < 1.29 is 14.1 Å². The first-order valence-electron chi connectivity index (χ1n) is 7.61. The number of carbonyl (C=O) groups excluding carboxylic acids is 2. The fourth-order valence-electron chi connectivity index (χ4n) is 2.49. The van der Waals surface area contributed by atoms with Gasteiger partial charge in [-0.25, -0.2) is 0 Å². The molecule has 8 nitrogen and oxygen atoms in total. The Hall–Kier alpha value is -2.22. The Morgan fingerprint density at radius 2 is 2.26 bits per heavy atom. The maximum Gasteiger partial charge on any atom is 0.292 e. The van der Waals surface area contributed by atoms with Crippen LogP contribution in [0, 0.1) is 0 Å². The fourth-order valence-corrected chi connectivity index (χ4v) is 2.49. The molecule has 0 unspecified atom stereocenters. The molecule has 2 rings (SSSR count). The lowest BCUT2D eigenvalue weighted by molar-refractivity contribution is -0.128. The highest BCUT2D eigenvalue weighted by atomic mass is 16.5. The lowest BCUT2D eigenvalue weighted by Gasteiger charge is -2.31. The molecule has 23 heavy (non-hydrogen) atoms. The second kappa shape index (κ2) is 7.36. The van der Waals surface area contributed by atoms with Crippen molar-refractivity contribution in [1.82, 2.24) is 25.3 Å². The summed E-state index contributed by atoms with van der Waals surface area (Å²) in [5.41, 5.74) is 1.26. The van der Waals surface area contributed by atoms with E-state index in [-0.39, 0.29) is 23.7 Å². The van der Waals surface area contributed by atoms with E-state index >= 15 is 0 Å². The van der Waals surface area contributed by atoms with Gasteiger partial charge in [0.05, 0.1) is 6.54 Å². The number of hydrogen-bond donors (Lipinski definition) is 1. The van der Waals surface area contributed by atoms with Gasteiger partial charge in [-0.05, 0) is 18.9 Å². The van der Waals surface area contributed by atoms with E-state index in [9.17, 15) is 9.59 Å². The summed E-state index contributed by atoms with van der Waals surface area (Å²) in [5.74, 6) is 0.178. The predicted octanol–water partition coefficient (Wildman–Crippen LogP) is 0.428. The minimum Gasteiger partial charge on any atom is -0.352 e. The number of amides is 2. The number of hydrogen-bond acceptors (Lipinski definition) is 6. The van der Waals surface area contributed by atoms with E-state index in [2.05, 4.69) is 26.4 Å². The van der Waals surface area contributed by atoms with Crippen LogP contribution in [0.1, 0.15) is 36.8 Å². The zero-order valence-corrected chi connectivity index (χ0v) is 14.0. The molecule has 1 aliphatic heterocycles. The summed E-state index contributed by atoms with van der Waals surface area (Å²) < 4.78 is 5.10. The lowest BCUT2D eigenvalue weighted by Crippen LogP contribution is -2.38. The standard InChI is InChI=1S/C15H23N5O3/c1-10(19(4)11(2)21)12-5-7-20(8-6-12)9-13-17-14(18-23-13)15(22)16-3/h5,10H,6-9H2,1-4H3,(H,16,22)/t10-/m0/s1. The van der Waals surface area contributed by atoms with E-state index in [4.69, 9.17) is 4.52 Å². The Morgan fingerprint density at radius 3 is 2.83 bits per heavy atom. The largest absolute Gasteiger partial charge is 0.352 e. The summed E-state index contributed by atoms with van der Waals surface area (Å²) in [4.78, 5) is 30.8. The van der Waals surface area contributed by atoms with E-state index < -0.39 is 0 Å². The lowest BCUT2D eigenvalue weighted by atomic mass is 10.0. The molecule has 0 bridgehead atoms. The zero-order chi connectivity index (χ0) is 17.0. The zero-order valence-electron chi connectivity index (χ0n) is 14.0. The summed E-state index contributed by atoms with van der Waals surface area (Å²) in [7, 11) is 3.34. The second-order valence-corrected chi connectivity index (χ2v) is 5.66. The second-order valence-electron chi connectivity index (χ2n) is 5.66. The third-order valence-electron chi connectivity index (χ3n) is 4.20. The van der Waals surface area contributed by atoms with Crippen molar-refractivity contribution in [2.24, 2.45) is 0 Å². The Morgan fingerprint density at radius 1 is 1.52 bits per heavy atom. The van der Waals surface area contributed by atoms with Crippen LogP contribution in [0.5, 0.6) is 0 Å². The molecular formula is C15H23N5O3. The van der Waals surface area contributed by atoms with E-state index in [0.717, 1.165) is 19.5 Å². The van der Waals surface area contributed by atoms with Crippen LogP contribution >= 0.6 is 0 Å². The molecule has 0 radical (unpaired) electrons. The van der Waals surface area contributed by atoms with Crippen LogP contribution in [-0.4, -0.2) is 65.0 Å². The Balaban J connectivity index is 1.92. The van der Waals surface area contributed by atoms with Gasteiger partial charge in [0.1, 0.15) is 0 Å². The molecule has 0 saturated carbocycles. The van der Waals surface area contributed by atoms with Gasteiger partial charge in [0.2, 0.25) is 11.8 Å². The molecule has 1 aromatic heterocycles. The number of carbonyl (C=O) groups is 2. The van der Waals surface area contributed by atoms with Gasteiger partial charge in [-0.2, -0.15) is 4.98 Å². The first-order valence-corrected chi connectivity index (χ1v) is 7.61. The third-order valence-corrected chi connectivity index (χ3v) is 4.20. The van der Waals surface area contributed by atoms with Crippen molar-refractivity contribution in [3.8, 4) is 0 Å². The normalized spacial score (nSPS) is 16.6. The smallest absolute Gasteiger partial charge is 0.292 e. The molecule has 1 aromatic rings. The number of likely N-dealkylation sites (N-methyl/N-ethyl adjacent to an activating group) is 1. The van der Waals surface area contributed by atoms with Crippen LogP contribution in [0.2, 0.25) is 0 Å². The summed E-state index contributed by atoms with van der Waals surface area (Å²) in [5, 5.41) is 6.11. The average Bonchev–Trinajstić information content (AvgIpc) is 3.01. The summed E-state index contributed by atoms with van der Waals surface area (Å²) in [6, 6.07) is 0.109. The van der Waals surface area contributed by atoms with E-state index in [1.54, 1.807) is 11.8 Å². The summed E-state index contributed by atoms with van der Waals surface area (Å²) in [6.07, 6.45) is 3.03. The molecular weight excluding hydrogens is 298 g/mol. The van der Waals surface area contributed by atoms with Gasteiger partial charge in [-0.15, -0.1) is 0 Å². The van der Waals surface area contributed by atoms with Crippen LogP contribution < -0.4 is 5.32 Å². The molecule has 0 aliphatic carbocycles. The van der Waals surface area contributed by atoms with Gasteiger partial charge >= 0.3 is 0 Å². The van der Waals surface area contributed by atoms with Crippen LogP contribution in [0.15, 0.2) is 16.2 Å². The van der Waals surface area contributed by atoms with Crippen molar-refractivity contribution in [1.29, 1.82) is 0 Å². The molecule has 0 aromatic carbocycles. The highest BCUT2D eigenvalue weighted by Crippen LogP contribution is 2.19. The summed E-state index contributed by atoms with van der Waals surface area (Å²) >= 11 is 0. The number of nitrogens with one attached hydrogen (secondary N) is 1. The van der Waals surface area contributed by atoms with Crippen molar-refractivity contribution in [2.75, 3.05) is 27.2 Å². The molecule has 1 N–H and O–H groups in total. The fraction of sp³-hybridized carbons (Fsp3) is 0.600. The van der Waals surface area contributed by atoms with Crippen molar-refractivity contribution >= 4 is 11.8 Å². The van der Waals surface area contributed by atoms with Gasteiger partial charge in [-0.1, -0.05) is 11.2 Å². The third kappa shape index (κ3) is 4.16. The van der Waals surface area contributed by atoms with Gasteiger partial charge < -0.3 is 14.7 Å². The first-order chi connectivity index (χ1) is 10.9. The van der Waals surface area contributed by atoms with Crippen molar-refractivity contribution in [2.45, 2.75) is 32.9 Å². The average molecular weight is 321 g/mol. The Bertz CT molecular complexity index is 610. The van der Waals surface area contributed by atoms with Gasteiger partial charge in [0, 0.05) is 40.2 Å². The minimum absolute atomic E-state index is 0.0486. The minimum atomic E-state index is -0.359. The maximum absolute atomic E-state index is 11.4. The van der Waals surface area contributed by atoms with Gasteiger partial charge in [-0.3, -0.25) is 14.5 Å². The van der Waals surface area contributed by atoms with E-state index in [1.807, 2.05) is 14.0 Å². The van der Waals surface area contributed by atoms with Gasteiger partial charge in [0.25, 0.3) is 11.7 Å². The Labute approximate surface area is 135 Å². The van der Waals surface area contributed by atoms with E-state index in [0.29, 0.717) is 12.4 Å². The number of nitrogens with zero attached hydrogens (tertiary/aromatic N) is 4. The van der Waals surface area contributed by atoms with Crippen molar-refractivity contribution in [3.05, 3.63) is 23.4 Å². The van der Waals surface area contributed by atoms with Crippen LogP contribution in [0.25, 0.3) is 0 Å². The molecule has 126 valence electrons. The monoisotopic (exact) mass is 321 g/mol. The first kappa shape index (κ1) is 17.1. The molecule has 2 amide bonds. The molecule has 2 heterocycles. The maximum atomic E-state index is 11.4. The molecule has 1 atom stereocenters. The Kier molecular flexibility index (Phi) is 5.49. The van der Waals surface area contributed by atoms with Crippen LogP contribution in [-0.2, 0) is 11.3 Å². The number of rotatable bonds is 5. The molecule has 0 spiro atoms. The predicted molar refractivity (Wildman–Crippen MR) is 83.6 cm³/mol. The number of aromatic nitrogens is 2.